The Labute approximate surface area is 73.9 Å². The van der Waals surface area contributed by atoms with Crippen molar-refractivity contribution in [3.8, 4) is 0 Å². The number of rotatable bonds is 8. The van der Waals surface area contributed by atoms with Crippen LogP contribution in [0.15, 0.2) is 0 Å². The molecule has 4 nitrogen and oxygen atoms in total. The monoisotopic (exact) mass is 177 g/mol. The molecule has 0 aromatic carbocycles. The first-order valence-electron chi connectivity index (χ1n) is 4.29. The highest BCUT2D eigenvalue weighted by Gasteiger charge is 2.00. The third kappa shape index (κ3) is 7.94. The topological polar surface area (TPSA) is 50.7 Å². The summed E-state index contributed by atoms with van der Waals surface area (Å²) in [5.74, 6) is 0. The van der Waals surface area contributed by atoms with Crippen molar-refractivity contribution < 1.29 is 14.6 Å². The van der Waals surface area contributed by atoms with Gasteiger partial charge in [-0.3, -0.25) is 0 Å². The number of aliphatic hydroxyl groups excluding tert-OH is 1. The molecule has 0 bridgehead atoms. The maximum atomic E-state index is 9.18. The van der Waals surface area contributed by atoms with E-state index in [1.807, 2.05) is 6.92 Å². The lowest BCUT2D eigenvalue weighted by Gasteiger charge is -2.10. The van der Waals surface area contributed by atoms with Gasteiger partial charge in [-0.15, -0.1) is 0 Å². The second kappa shape index (κ2) is 8.93. The quantitative estimate of drug-likeness (QED) is 0.496. The molecule has 0 saturated heterocycles. The van der Waals surface area contributed by atoms with E-state index in [1.54, 1.807) is 7.05 Å². The third-order valence-electron chi connectivity index (χ3n) is 1.33. The van der Waals surface area contributed by atoms with E-state index in [4.69, 9.17) is 9.47 Å². The summed E-state index contributed by atoms with van der Waals surface area (Å²) < 4.78 is 10.2. The fourth-order valence-corrected chi connectivity index (χ4v) is 0.776. The fraction of sp³-hybridized carbons (Fsp3) is 1.00. The fourth-order valence-electron chi connectivity index (χ4n) is 0.776. The van der Waals surface area contributed by atoms with E-state index in [1.165, 1.54) is 0 Å². The van der Waals surface area contributed by atoms with E-state index in [0.717, 1.165) is 0 Å². The molecule has 0 spiro atoms. The molecule has 0 radical (unpaired) electrons. The van der Waals surface area contributed by atoms with Crippen molar-refractivity contribution in [2.24, 2.45) is 0 Å². The normalized spacial score (nSPS) is 13.2. The minimum absolute atomic E-state index is 0.369. The number of hydrogen-bond donors (Lipinski definition) is 2. The molecule has 74 valence electrons. The molecule has 4 heteroatoms. The summed E-state index contributed by atoms with van der Waals surface area (Å²) in [7, 11) is 1.80. The summed E-state index contributed by atoms with van der Waals surface area (Å²) in [5.41, 5.74) is 0. The summed E-state index contributed by atoms with van der Waals surface area (Å²) in [5, 5.41) is 12.0. The van der Waals surface area contributed by atoms with Gasteiger partial charge >= 0.3 is 0 Å². The van der Waals surface area contributed by atoms with Crippen LogP contribution in [-0.2, 0) is 9.47 Å². The molecule has 0 amide bonds. The Morgan fingerprint density at radius 3 is 2.58 bits per heavy atom. The van der Waals surface area contributed by atoms with Gasteiger partial charge in [0.2, 0.25) is 0 Å². The molecule has 0 aliphatic rings. The second-order valence-electron chi connectivity index (χ2n) is 2.48. The number of likely N-dealkylation sites (N-methyl/N-ethyl adjacent to an activating group) is 1. The van der Waals surface area contributed by atoms with Crippen LogP contribution in [0.5, 0.6) is 0 Å². The largest absolute Gasteiger partial charge is 0.389 e. The van der Waals surface area contributed by atoms with E-state index >= 15 is 0 Å². The average Bonchev–Trinajstić information content (AvgIpc) is 2.05. The lowest BCUT2D eigenvalue weighted by molar-refractivity contribution is 0.00706. The van der Waals surface area contributed by atoms with Gasteiger partial charge in [-0.2, -0.15) is 0 Å². The first kappa shape index (κ1) is 11.8. The molecule has 0 aliphatic heterocycles. The molecular formula is C8H19NO3. The van der Waals surface area contributed by atoms with Crippen molar-refractivity contribution in [1.29, 1.82) is 0 Å². The highest BCUT2D eigenvalue weighted by Crippen LogP contribution is 1.84. The first-order valence-corrected chi connectivity index (χ1v) is 4.29. The lowest BCUT2D eigenvalue weighted by atomic mass is 10.4. The van der Waals surface area contributed by atoms with E-state index < -0.39 is 6.10 Å². The van der Waals surface area contributed by atoms with Gasteiger partial charge in [0, 0.05) is 13.2 Å². The summed E-state index contributed by atoms with van der Waals surface area (Å²) in [4.78, 5) is 0. The summed E-state index contributed by atoms with van der Waals surface area (Å²) in [6, 6.07) is 0. The van der Waals surface area contributed by atoms with Crippen LogP contribution in [0.1, 0.15) is 6.92 Å². The number of aliphatic hydroxyl groups is 1. The van der Waals surface area contributed by atoms with E-state index in [-0.39, 0.29) is 0 Å². The van der Waals surface area contributed by atoms with Crippen LogP contribution in [0.4, 0.5) is 0 Å². The molecule has 2 N–H and O–H groups in total. The van der Waals surface area contributed by atoms with Gasteiger partial charge in [0.1, 0.15) is 0 Å². The van der Waals surface area contributed by atoms with E-state index in [9.17, 15) is 5.11 Å². The molecule has 0 aromatic heterocycles. The maximum Gasteiger partial charge on any atom is 0.0897 e. The van der Waals surface area contributed by atoms with Crippen molar-refractivity contribution in [3.63, 3.8) is 0 Å². The minimum Gasteiger partial charge on any atom is -0.389 e. The van der Waals surface area contributed by atoms with Gasteiger partial charge in [-0.05, 0) is 14.0 Å². The Bertz CT molecular complexity index is 90.4. The number of ether oxygens (including phenoxy) is 2. The van der Waals surface area contributed by atoms with Crippen LogP contribution in [0.3, 0.4) is 0 Å². The van der Waals surface area contributed by atoms with Gasteiger partial charge in [0.15, 0.2) is 0 Å². The molecule has 1 atom stereocenters. The molecule has 0 heterocycles. The molecule has 1 unspecified atom stereocenters. The zero-order valence-electron chi connectivity index (χ0n) is 7.88. The Hall–Kier alpha value is -0.160. The Morgan fingerprint density at radius 1 is 1.33 bits per heavy atom. The summed E-state index contributed by atoms with van der Waals surface area (Å²) in [6.07, 6.45) is -0.420. The molecule has 0 rings (SSSR count). The van der Waals surface area contributed by atoms with Crippen molar-refractivity contribution in [1.82, 2.24) is 5.32 Å². The number of hydrogen-bond acceptors (Lipinski definition) is 4. The lowest BCUT2D eigenvalue weighted by Crippen LogP contribution is -2.28. The molecule has 0 fully saturated rings. The number of nitrogens with one attached hydrogen (secondary N) is 1. The zero-order valence-corrected chi connectivity index (χ0v) is 7.88. The molecule has 0 saturated carbocycles. The third-order valence-corrected chi connectivity index (χ3v) is 1.33. The van der Waals surface area contributed by atoms with Crippen molar-refractivity contribution in [3.05, 3.63) is 0 Å². The summed E-state index contributed by atoms with van der Waals surface area (Å²) in [6.45, 7) is 4.73. The predicted molar refractivity (Wildman–Crippen MR) is 47.2 cm³/mol. The minimum atomic E-state index is -0.420. The van der Waals surface area contributed by atoms with E-state index in [2.05, 4.69) is 5.32 Å². The van der Waals surface area contributed by atoms with Gasteiger partial charge < -0.3 is 19.9 Å². The Kier molecular flexibility index (Phi) is 8.81. The average molecular weight is 177 g/mol. The highest BCUT2D eigenvalue weighted by atomic mass is 16.5. The second-order valence-corrected chi connectivity index (χ2v) is 2.48. The van der Waals surface area contributed by atoms with Crippen molar-refractivity contribution in [2.45, 2.75) is 13.0 Å². The zero-order chi connectivity index (χ0) is 9.23. The van der Waals surface area contributed by atoms with E-state index in [0.29, 0.717) is 33.0 Å². The smallest absolute Gasteiger partial charge is 0.0897 e. The predicted octanol–water partition coefficient (Wildman–Crippen LogP) is -0.380. The highest BCUT2D eigenvalue weighted by molar-refractivity contribution is 4.54. The van der Waals surface area contributed by atoms with Crippen LogP contribution in [-0.4, -0.2) is 51.2 Å². The Morgan fingerprint density at radius 2 is 2.00 bits per heavy atom. The van der Waals surface area contributed by atoms with Crippen LogP contribution in [0, 0.1) is 0 Å². The van der Waals surface area contributed by atoms with Gasteiger partial charge in [-0.1, -0.05) is 0 Å². The van der Waals surface area contributed by atoms with Crippen LogP contribution in [0.2, 0.25) is 0 Å². The summed E-state index contributed by atoms with van der Waals surface area (Å²) >= 11 is 0. The van der Waals surface area contributed by atoms with Crippen LogP contribution in [0.25, 0.3) is 0 Å². The van der Waals surface area contributed by atoms with Crippen molar-refractivity contribution in [2.75, 3.05) is 40.0 Å². The molecule has 0 aliphatic carbocycles. The van der Waals surface area contributed by atoms with Crippen LogP contribution < -0.4 is 5.32 Å². The molecule has 0 aromatic rings. The Balaban J connectivity index is 2.97. The van der Waals surface area contributed by atoms with Gasteiger partial charge in [0.05, 0.1) is 25.9 Å². The van der Waals surface area contributed by atoms with Gasteiger partial charge in [-0.25, -0.2) is 0 Å². The standard InChI is InChI=1S/C8H19NO3/c1-3-11-4-5-12-7-8(10)6-9-2/h8-10H,3-7H2,1-2H3. The van der Waals surface area contributed by atoms with Gasteiger partial charge in [0.25, 0.3) is 0 Å². The SMILES string of the molecule is CCOCCOCC(O)CNC. The molecule has 12 heavy (non-hydrogen) atoms. The molecular weight excluding hydrogens is 158 g/mol. The first-order chi connectivity index (χ1) is 5.81. The maximum absolute atomic E-state index is 9.18. The van der Waals surface area contributed by atoms with Crippen LogP contribution >= 0.6 is 0 Å². The van der Waals surface area contributed by atoms with Crippen molar-refractivity contribution >= 4 is 0 Å².